The Labute approximate surface area is 117 Å². The van der Waals surface area contributed by atoms with E-state index in [2.05, 4.69) is 13.8 Å². The fourth-order valence-corrected chi connectivity index (χ4v) is 2.16. The Morgan fingerprint density at radius 2 is 2.00 bits per heavy atom. The van der Waals surface area contributed by atoms with Crippen LogP contribution in [0.25, 0.3) is 17.4 Å². The first kappa shape index (κ1) is 13.9. The van der Waals surface area contributed by atoms with Crippen LogP contribution in [0.15, 0.2) is 46.4 Å². The average molecular weight is 279 g/mol. The highest BCUT2D eigenvalue weighted by atomic mass is 35.5. The predicted octanol–water partition coefficient (Wildman–Crippen LogP) is 5.36. The van der Waals surface area contributed by atoms with Crippen molar-refractivity contribution in [1.29, 1.82) is 0 Å². The van der Waals surface area contributed by atoms with E-state index >= 15 is 0 Å². The molecule has 0 saturated carbocycles. The van der Waals surface area contributed by atoms with E-state index in [0.29, 0.717) is 28.9 Å². The van der Waals surface area contributed by atoms with Gasteiger partial charge in [0, 0.05) is 5.88 Å². The normalized spacial score (nSPS) is 12.2. The Bertz CT molecular complexity index is 584. The number of hydrogen-bond donors (Lipinski definition) is 0. The Balaban J connectivity index is 2.32. The molecule has 0 aliphatic heterocycles. The Hall–Kier alpha value is -1.54. The van der Waals surface area contributed by atoms with Crippen molar-refractivity contribution in [2.24, 2.45) is 5.92 Å². The van der Waals surface area contributed by atoms with Gasteiger partial charge in [-0.2, -0.15) is 0 Å². The van der Waals surface area contributed by atoms with Crippen LogP contribution in [0.3, 0.4) is 0 Å². The van der Waals surface area contributed by atoms with Crippen molar-refractivity contribution in [2.75, 3.05) is 5.88 Å². The first-order valence-electron chi connectivity index (χ1n) is 6.23. The zero-order chi connectivity index (χ0) is 13.8. The number of allylic oxidation sites excluding steroid dienone is 1. The minimum atomic E-state index is -0.284. The molecule has 0 saturated heterocycles. The van der Waals surface area contributed by atoms with Crippen LogP contribution < -0.4 is 0 Å². The van der Waals surface area contributed by atoms with Crippen molar-refractivity contribution in [3.8, 4) is 11.3 Å². The third kappa shape index (κ3) is 3.27. The zero-order valence-corrected chi connectivity index (χ0v) is 11.7. The summed E-state index contributed by atoms with van der Waals surface area (Å²) < 4.78 is 19.3. The van der Waals surface area contributed by atoms with Crippen LogP contribution in [0.5, 0.6) is 0 Å². The van der Waals surface area contributed by atoms with Crippen LogP contribution >= 0.6 is 11.6 Å². The van der Waals surface area contributed by atoms with Gasteiger partial charge in [0.25, 0.3) is 0 Å². The molecule has 1 aromatic heterocycles. The Morgan fingerprint density at radius 1 is 1.26 bits per heavy atom. The summed E-state index contributed by atoms with van der Waals surface area (Å²) in [6, 6.07) is 10.2. The molecule has 0 N–H and O–H groups in total. The average Bonchev–Trinajstić information content (AvgIpc) is 2.84. The van der Waals surface area contributed by atoms with Gasteiger partial charge in [-0.05, 0) is 41.8 Å². The van der Waals surface area contributed by atoms with Crippen LogP contribution in [-0.4, -0.2) is 5.88 Å². The molecule has 2 rings (SSSR count). The maximum Gasteiger partial charge on any atom is 0.137 e. The predicted molar refractivity (Wildman–Crippen MR) is 77.6 cm³/mol. The molecule has 0 radical (unpaired) electrons. The molecule has 2 aromatic rings. The molecule has 0 aliphatic rings. The van der Waals surface area contributed by atoms with E-state index in [4.69, 9.17) is 16.0 Å². The maximum atomic E-state index is 13.6. The van der Waals surface area contributed by atoms with Gasteiger partial charge in [0.15, 0.2) is 0 Å². The number of hydrogen-bond acceptors (Lipinski definition) is 1. The van der Waals surface area contributed by atoms with E-state index in [1.165, 1.54) is 6.07 Å². The molecular weight excluding hydrogens is 263 g/mol. The van der Waals surface area contributed by atoms with Gasteiger partial charge in [0.1, 0.15) is 17.3 Å². The molecule has 0 fully saturated rings. The summed E-state index contributed by atoms with van der Waals surface area (Å²) in [5, 5.41) is 0. The van der Waals surface area contributed by atoms with E-state index in [0.717, 1.165) is 5.57 Å². The van der Waals surface area contributed by atoms with E-state index < -0.39 is 0 Å². The summed E-state index contributed by atoms with van der Waals surface area (Å²) in [5.41, 5.74) is 1.57. The van der Waals surface area contributed by atoms with E-state index in [1.807, 2.05) is 12.1 Å². The van der Waals surface area contributed by atoms with Crippen LogP contribution in [0, 0.1) is 11.7 Å². The van der Waals surface area contributed by atoms with E-state index in [-0.39, 0.29) is 5.82 Å². The lowest BCUT2D eigenvalue weighted by molar-refractivity contribution is 0.559. The molecule has 1 aromatic carbocycles. The lowest BCUT2D eigenvalue weighted by atomic mass is 10.0. The second-order valence-electron chi connectivity index (χ2n) is 4.69. The van der Waals surface area contributed by atoms with E-state index in [9.17, 15) is 4.39 Å². The molecule has 100 valence electrons. The van der Waals surface area contributed by atoms with Crippen LogP contribution in [-0.2, 0) is 0 Å². The topological polar surface area (TPSA) is 13.1 Å². The quantitative estimate of drug-likeness (QED) is 0.686. The van der Waals surface area contributed by atoms with Crippen molar-refractivity contribution in [2.45, 2.75) is 13.8 Å². The van der Waals surface area contributed by atoms with Gasteiger partial charge < -0.3 is 4.42 Å². The van der Waals surface area contributed by atoms with Crippen LogP contribution in [0.1, 0.15) is 19.6 Å². The monoisotopic (exact) mass is 278 g/mol. The van der Waals surface area contributed by atoms with Crippen molar-refractivity contribution in [3.63, 3.8) is 0 Å². The molecule has 1 nitrogen and oxygen atoms in total. The fraction of sp³-hybridized carbons (Fsp3) is 0.250. The molecule has 1 heterocycles. The fourth-order valence-electron chi connectivity index (χ4n) is 1.78. The van der Waals surface area contributed by atoms with Gasteiger partial charge in [-0.1, -0.05) is 26.0 Å². The second-order valence-corrected chi connectivity index (χ2v) is 4.96. The standard InChI is InChI=1S/C16H16ClFO/c1-11(2)12(10-17)9-13-7-8-16(19-13)14-5-3-4-6-15(14)18/h3-9,11H,10H2,1-2H3. The molecule has 3 heteroatoms. The molecular formula is C16H16ClFO. The number of alkyl halides is 1. The van der Waals surface area contributed by atoms with Gasteiger partial charge in [0.05, 0.1) is 5.56 Å². The molecule has 0 spiro atoms. The minimum absolute atomic E-state index is 0.284. The van der Waals surface area contributed by atoms with Gasteiger partial charge in [-0.25, -0.2) is 4.39 Å². The van der Waals surface area contributed by atoms with Gasteiger partial charge >= 0.3 is 0 Å². The molecule has 0 aliphatic carbocycles. The lowest BCUT2D eigenvalue weighted by Gasteiger charge is -2.06. The summed E-state index contributed by atoms with van der Waals surface area (Å²) in [5.74, 6) is 1.77. The summed E-state index contributed by atoms with van der Waals surface area (Å²) in [7, 11) is 0. The number of furan rings is 1. The third-order valence-electron chi connectivity index (χ3n) is 2.99. The minimum Gasteiger partial charge on any atom is -0.457 e. The largest absolute Gasteiger partial charge is 0.457 e. The van der Waals surface area contributed by atoms with Crippen LogP contribution in [0.2, 0.25) is 0 Å². The lowest BCUT2D eigenvalue weighted by Crippen LogP contribution is -1.94. The summed E-state index contributed by atoms with van der Waals surface area (Å²) in [4.78, 5) is 0. The first-order valence-corrected chi connectivity index (χ1v) is 6.76. The van der Waals surface area contributed by atoms with Crippen molar-refractivity contribution >= 4 is 17.7 Å². The Kier molecular flexibility index (Phi) is 4.43. The first-order chi connectivity index (χ1) is 9.11. The van der Waals surface area contributed by atoms with Crippen molar-refractivity contribution < 1.29 is 8.81 Å². The van der Waals surface area contributed by atoms with Gasteiger partial charge in [-0.15, -0.1) is 11.6 Å². The smallest absolute Gasteiger partial charge is 0.137 e. The third-order valence-corrected chi connectivity index (χ3v) is 3.30. The van der Waals surface area contributed by atoms with Crippen molar-refractivity contribution in [3.05, 3.63) is 53.5 Å². The molecule has 19 heavy (non-hydrogen) atoms. The van der Waals surface area contributed by atoms with Gasteiger partial charge in [0.2, 0.25) is 0 Å². The Morgan fingerprint density at radius 3 is 2.63 bits per heavy atom. The summed E-state index contributed by atoms with van der Waals surface area (Å²) in [6.45, 7) is 4.16. The highest BCUT2D eigenvalue weighted by Crippen LogP contribution is 2.26. The van der Waals surface area contributed by atoms with Crippen molar-refractivity contribution in [1.82, 2.24) is 0 Å². The molecule has 0 amide bonds. The number of benzene rings is 1. The number of rotatable bonds is 4. The second kappa shape index (κ2) is 6.07. The molecule has 0 atom stereocenters. The maximum absolute atomic E-state index is 13.6. The molecule has 0 bridgehead atoms. The van der Waals surface area contributed by atoms with Gasteiger partial charge in [-0.3, -0.25) is 0 Å². The SMILES string of the molecule is CC(C)C(=Cc1ccc(-c2ccccc2F)o1)CCl. The zero-order valence-electron chi connectivity index (χ0n) is 11.0. The summed E-state index contributed by atoms with van der Waals surface area (Å²) in [6.07, 6.45) is 1.92. The molecule has 0 unspecified atom stereocenters. The van der Waals surface area contributed by atoms with Crippen LogP contribution in [0.4, 0.5) is 4.39 Å². The highest BCUT2D eigenvalue weighted by molar-refractivity contribution is 6.19. The highest BCUT2D eigenvalue weighted by Gasteiger charge is 2.09. The summed E-state index contributed by atoms with van der Waals surface area (Å²) >= 11 is 5.89. The number of halogens is 2. The van der Waals surface area contributed by atoms with E-state index in [1.54, 1.807) is 24.3 Å².